The van der Waals surface area contributed by atoms with Crippen LogP contribution in [0.4, 0.5) is 0 Å². The van der Waals surface area contributed by atoms with Crippen molar-refractivity contribution in [2.45, 2.75) is 0 Å². The molecule has 5 heavy (non-hydrogen) atoms. The quantitative estimate of drug-likeness (QED) is 0.199. The molecular formula is CH3LiO2S. The van der Waals surface area contributed by atoms with Crippen molar-refractivity contribution in [1.29, 1.82) is 0 Å². The van der Waals surface area contributed by atoms with E-state index in [0.717, 1.165) is 0 Å². The molecule has 0 aliphatic heterocycles. The summed E-state index contributed by atoms with van der Waals surface area (Å²) in [7, 11) is 0. The Bertz CT molecular complexity index is 23.6. The summed E-state index contributed by atoms with van der Waals surface area (Å²) in [5.74, 6) is 0. The van der Waals surface area contributed by atoms with E-state index in [1.165, 1.54) is 0 Å². The second-order valence-electron chi connectivity index (χ2n) is 0.202. The molecule has 0 aromatic rings. The van der Waals surface area contributed by atoms with Crippen molar-refractivity contribution in [3.05, 3.63) is 0 Å². The first kappa shape index (κ1) is 9.05. The Kier molecular flexibility index (Phi) is 16.0. The Hall–Kier alpha value is 0.417. The monoisotopic (exact) mass is 86.0 g/mol. The summed E-state index contributed by atoms with van der Waals surface area (Å²) in [4.78, 5) is 8.88. The predicted molar refractivity (Wildman–Crippen MR) is 23.3 cm³/mol. The van der Waals surface area contributed by atoms with Crippen LogP contribution in [0.5, 0.6) is 0 Å². The molecule has 0 N–H and O–H groups in total. The van der Waals surface area contributed by atoms with Crippen LogP contribution in [0.15, 0.2) is 0 Å². The minimum absolute atomic E-state index is 0. The van der Waals surface area contributed by atoms with E-state index < -0.39 is 0 Å². The van der Waals surface area contributed by atoms with Crippen LogP contribution in [0.1, 0.15) is 0 Å². The van der Waals surface area contributed by atoms with E-state index in [1.807, 2.05) is 0 Å². The van der Waals surface area contributed by atoms with Crippen molar-refractivity contribution in [2.24, 2.45) is 0 Å². The summed E-state index contributed by atoms with van der Waals surface area (Å²) in [6.45, 7) is 0.239. The summed E-state index contributed by atoms with van der Waals surface area (Å²) in [5.41, 5.74) is 0. The summed E-state index contributed by atoms with van der Waals surface area (Å²) in [6, 6.07) is 0. The molecule has 26 valence electrons. The molecule has 0 spiro atoms. The van der Waals surface area contributed by atoms with Crippen LogP contribution in [0.25, 0.3) is 0 Å². The van der Waals surface area contributed by atoms with Crippen molar-refractivity contribution in [3.8, 4) is 0 Å². The van der Waals surface area contributed by atoms with Crippen LogP contribution < -0.4 is 0 Å². The fourth-order valence-corrected chi connectivity index (χ4v) is 0. The molecule has 2 nitrogen and oxygen atoms in total. The van der Waals surface area contributed by atoms with Gasteiger partial charge in [-0.3, -0.25) is 4.79 Å². The normalized spacial score (nSPS) is 4.20. The fourth-order valence-electron chi connectivity index (χ4n) is 0. The molecule has 0 saturated heterocycles. The van der Waals surface area contributed by atoms with Gasteiger partial charge in [-0.1, -0.05) is 0 Å². The average molecular weight is 86.0 g/mol. The van der Waals surface area contributed by atoms with Crippen LogP contribution in [-0.4, -0.2) is 25.3 Å². The third-order valence-corrected chi connectivity index (χ3v) is 0.129. The van der Waals surface area contributed by atoms with E-state index in [0.29, 0.717) is 0 Å². The van der Waals surface area contributed by atoms with Crippen molar-refractivity contribution in [1.82, 2.24) is 0 Å². The van der Waals surface area contributed by atoms with Gasteiger partial charge < -0.3 is 4.18 Å². The van der Waals surface area contributed by atoms with Gasteiger partial charge in [-0.2, -0.15) is 0 Å². The summed E-state index contributed by atoms with van der Waals surface area (Å²) >= 11 is 3.05. The van der Waals surface area contributed by atoms with Crippen LogP contribution >= 0.6 is 12.9 Å². The molecule has 0 aliphatic carbocycles. The first-order valence-electron chi connectivity index (χ1n) is 0.654. The van der Waals surface area contributed by atoms with Gasteiger partial charge in [0.05, 0.1) is 0 Å². The van der Waals surface area contributed by atoms with Crippen LogP contribution in [-0.2, 0) is 8.98 Å². The molecule has 0 unspecified atom stereocenters. The Morgan fingerprint density at radius 1 is 1.80 bits per heavy atom. The first-order valence-corrected chi connectivity index (χ1v) is 1.02. The Morgan fingerprint density at radius 2 is 2.00 bits per heavy atom. The van der Waals surface area contributed by atoms with Gasteiger partial charge in [0.2, 0.25) is 0 Å². The van der Waals surface area contributed by atoms with Crippen LogP contribution in [0, 0.1) is 0 Å². The zero-order chi connectivity index (χ0) is 3.41. The molecule has 0 amide bonds. The van der Waals surface area contributed by atoms with E-state index in [-0.39, 0.29) is 25.3 Å². The molecule has 0 aliphatic rings. The van der Waals surface area contributed by atoms with E-state index in [4.69, 9.17) is 4.79 Å². The van der Waals surface area contributed by atoms with E-state index in [9.17, 15) is 0 Å². The molecule has 0 aromatic heterocycles. The summed E-state index contributed by atoms with van der Waals surface area (Å²) in [5, 5.41) is 0. The molecule has 4 heteroatoms. The fraction of sp³-hybridized carbons (Fsp3) is 0. The average Bonchev–Trinajstić information content (AvgIpc) is 1.37. The molecule has 0 bridgehead atoms. The third-order valence-electron chi connectivity index (χ3n) is 0.0430. The topological polar surface area (TPSA) is 26.3 Å². The number of hydrogen-bond acceptors (Lipinski definition) is 3. The first-order chi connectivity index (χ1) is 1.91. The van der Waals surface area contributed by atoms with E-state index in [1.54, 1.807) is 0 Å². The van der Waals surface area contributed by atoms with Gasteiger partial charge in [-0.05, 0) is 0 Å². The molecule has 0 fully saturated rings. The second-order valence-corrected chi connectivity index (χ2v) is 0.412. The van der Waals surface area contributed by atoms with Gasteiger partial charge in [-0.15, -0.1) is 0 Å². The van der Waals surface area contributed by atoms with Crippen molar-refractivity contribution in [2.75, 3.05) is 0 Å². The van der Waals surface area contributed by atoms with Crippen LogP contribution in [0.2, 0.25) is 0 Å². The van der Waals surface area contributed by atoms with Gasteiger partial charge in [0.25, 0.3) is 0 Å². The maximum absolute atomic E-state index is 8.88. The SMILES string of the molecule is O=COS.[LiH]. The molecule has 0 aromatic carbocycles. The van der Waals surface area contributed by atoms with Gasteiger partial charge >= 0.3 is 25.3 Å². The number of carbonyl (C=O) groups excluding carboxylic acids is 1. The van der Waals surface area contributed by atoms with Gasteiger partial charge in [0.1, 0.15) is 0 Å². The predicted octanol–water partition coefficient (Wildman–Crippen LogP) is -0.644. The second kappa shape index (κ2) is 8.83. The van der Waals surface area contributed by atoms with Gasteiger partial charge in [0, 0.05) is 12.9 Å². The molecule has 0 saturated carbocycles. The van der Waals surface area contributed by atoms with Gasteiger partial charge in [0.15, 0.2) is 0 Å². The molecule has 0 radical (unpaired) electrons. The van der Waals surface area contributed by atoms with Crippen LogP contribution in [0.3, 0.4) is 0 Å². The Labute approximate surface area is 47.7 Å². The number of thiol groups is 1. The number of carbonyl (C=O) groups is 1. The zero-order valence-corrected chi connectivity index (χ0v) is 2.74. The van der Waals surface area contributed by atoms with Gasteiger partial charge in [-0.25, -0.2) is 0 Å². The molecule has 0 rings (SSSR count). The van der Waals surface area contributed by atoms with Crippen molar-refractivity contribution < 1.29 is 8.98 Å². The summed E-state index contributed by atoms with van der Waals surface area (Å²) < 4.78 is 3.56. The molecule has 0 heterocycles. The molecule has 0 atom stereocenters. The number of rotatable bonds is 1. The summed E-state index contributed by atoms with van der Waals surface area (Å²) in [6.07, 6.45) is 0. The number of hydrogen-bond donors (Lipinski definition) is 1. The molecular weight excluding hydrogens is 83.0 g/mol. The Balaban J connectivity index is 0. The van der Waals surface area contributed by atoms with Crippen molar-refractivity contribution >= 4 is 38.2 Å². The Morgan fingerprint density at radius 3 is 2.00 bits per heavy atom. The third kappa shape index (κ3) is 12.8. The zero-order valence-electron chi connectivity index (χ0n) is 1.84. The van der Waals surface area contributed by atoms with E-state index in [2.05, 4.69) is 17.1 Å². The maximum atomic E-state index is 8.88. The van der Waals surface area contributed by atoms with Crippen molar-refractivity contribution in [3.63, 3.8) is 0 Å². The van der Waals surface area contributed by atoms with E-state index >= 15 is 0 Å². The minimum atomic E-state index is 0. The standard InChI is InChI=1S/CH2O2S.Li.H/c2-1-3-4;;/h1,4H;;.